The Balaban J connectivity index is 1.42. The van der Waals surface area contributed by atoms with E-state index in [1.807, 2.05) is 40.7 Å². The summed E-state index contributed by atoms with van der Waals surface area (Å²) >= 11 is 1.55. The van der Waals surface area contributed by atoms with Crippen LogP contribution in [0.1, 0.15) is 24.1 Å². The number of methoxy groups -OCH3 is 1. The van der Waals surface area contributed by atoms with Crippen LogP contribution in [0.2, 0.25) is 0 Å². The minimum atomic E-state index is -4.55. The van der Waals surface area contributed by atoms with Crippen LogP contribution in [-0.4, -0.2) is 84.3 Å². The van der Waals surface area contributed by atoms with Crippen LogP contribution in [0, 0.1) is 5.82 Å². The molecular formula is C32H31FN3O9PS. The van der Waals surface area contributed by atoms with Crippen molar-refractivity contribution in [2.45, 2.75) is 25.2 Å². The molecule has 4 heterocycles. The maximum atomic E-state index is 14.9. The second-order valence-corrected chi connectivity index (χ2v) is 13.5. The third-order valence-corrected chi connectivity index (χ3v) is 10.7. The highest BCUT2D eigenvalue weighted by Gasteiger charge is 2.52. The molecule has 2 fully saturated rings. The van der Waals surface area contributed by atoms with Gasteiger partial charge in [0.25, 0.3) is 5.91 Å². The van der Waals surface area contributed by atoms with Crippen molar-refractivity contribution in [2.24, 2.45) is 0 Å². The van der Waals surface area contributed by atoms with Crippen molar-refractivity contribution in [2.75, 3.05) is 40.1 Å². The van der Waals surface area contributed by atoms with Crippen molar-refractivity contribution in [3.63, 3.8) is 0 Å². The van der Waals surface area contributed by atoms with E-state index in [4.69, 9.17) is 18.3 Å². The first-order valence-corrected chi connectivity index (χ1v) is 17.3. The van der Waals surface area contributed by atoms with Crippen LogP contribution in [0.4, 0.5) is 4.39 Å². The summed E-state index contributed by atoms with van der Waals surface area (Å²) in [6.45, 7) is 1.29. The zero-order valence-electron chi connectivity index (χ0n) is 25.4. The quantitative estimate of drug-likeness (QED) is 0.260. The number of phosphoric ester groups is 1. The first-order chi connectivity index (χ1) is 22.7. The maximum absolute atomic E-state index is 14.9. The number of nitrogens with zero attached hydrogens (tertiary/aromatic N) is 3. The Kier molecular flexibility index (Phi) is 8.51. The lowest BCUT2D eigenvalue weighted by atomic mass is 9.92. The number of thiophene rings is 1. The van der Waals surface area contributed by atoms with Gasteiger partial charge in [-0.15, -0.1) is 11.3 Å². The van der Waals surface area contributed by atoms with Gasteiger partial charge < -0.3 is 24.0 Å². The number of fused-ring (bicyclic) bond motifs is 7. The first kappa shape index (κ1) is 31.7. The molecule has 3 aliphatic heterocycles. The number of amides is 1. The van der Waals surface area contributed by atoms with Crippen molar-refractivity contribution in [1.82, 2.24) is 14.9 Å². The molecule has 246 valence electrons. The van der Waals surface area contributed by atoms with E-state index in [-0.39, 0.29) is 37.8 Å². The molecule has 4 atom stereocenters. The summed E-state index contributed by atoms with van der Waals surface area (Å²) in [5.74, 6) is -2.11. The molecule has 0 saturated carbocycles. The number of carbonyl (C=O) groups excluding carboxylic acids is 2. The van der Waals surface area contributed by atoms with E-state index in [9.17, 15) is 23.7 Å². The van der Waals surface area contributed by atoms with Gasteiger partial charge in [-0.1, -0.05) is 30.3 Å². The molecule has 1 aromatic heterocycles. The van der Waals surface area contributed by atoms with E-state index in [0.29, 0.717) is 5.56 Å². The zero-order chi connectivity index (χ0) is 32.9. The molecule has 2 aromatic carbocycles. The van der Waals surface area contributed by atoms with Crippen LogP contribution in [-0.2, 0) is 37.2 Å². The van der Waals surface area contributed by atoms with Gasteiger partial charge in [-0.3, -0.25) is 18.9 Å². The number of aliphatic hydroxyl groups excluding tert-OH is 1. The minimum Gasteiger partial charge on any atom is -0.467 e. The van der Waals surface area contributed by atoms with Gasteiger partial charge in [0.15, 0.2) is 18.1 Å². The van der Waals surface area contributed by atoms with Crippen molar-refractivity contribution in [3.05, 3.63) is 94.6 Å². The van der Waals surface area contributed by atoms with Crippen molar-refractivity contribution in [3.8, 4) is 21.6 Å². The van der Waals surface area contributed by atoms with Gasteiger partial charge in [0.1, 0.15) is 18.1 Å². The SMILES string of the molecule is CCOP(=O)(OCC(=O)OC)OC1=C2C(=O)N3CCOC[C@H]3N(C3c4ccc(F)cc4-c4ccsc4-c4ccccc43)N2C=CC1O. The Morgan fingerprint density at radius 2 is 1.94 bits per heavy atom. The number of esters is 1. The average Bonchev–Trinajstić information content (AvgIpc) is 3.53. The fourth-order valence-electron chi connectivity index (χ4n) is 6.38. The second kappa shape index (κ2) is 12.6. The highest BCUT2D eigenvalue weighted by Crippen LogP contribution is 2.55. The number of carbonyl (C=O) groups is 2. The van der Waals surface area contributed by atoms with Crippen LogP contribution in [0.3, 0.4) is 0 Å². The molecule has 0 radical (unpaired) electrons. The molecule has 4 aliphatic rings. The number of phosphoric acid groups is 1. The smallest absolute Gasteiger partial charge is 0.467 e. The Morgan fingerprint density at radius 3 is 2.74 bits per heavy atom. The van der Waals surface area contributed by atoms with Crippen LogP contribution in [0.25, 0.3) is 21.6 Å². The van der Waals surface area contributed by atoms with Crippen LogP contribution in [0.5, 0.6) is 0 Å². The third kappa shape index (κ3) is 5.49. The maximum Gasteiger partial charge on any atom is 0.530 e. The Bertz CT molecular complexity index is 1850. The summed E-state index contributed by atoms with van der Waals surface area (Å²) in [6.07, 6.45) is 0.766. The normalized spacial score (nSPS) is 23.1. The topological polar surface area (TPSA) is 127 Å². The third-order valence-electron chi connectivity index (χ3n) is 8.36. The lowest BCUT2D eigenvalue weighted by Crippen LogP contribution is -2.68. The van der Waals surface area contributed by atoms with E-state index < -0.39 is 50.4 Å². The molecule has 0 spiro atoms. The van der Waals surface area contributed by atoms with E-state index >= 15 is 0 Å². The van der Waals surface area contributed by atoms with Crippen molar-refractivity contribution >= 4 is 31.0 Å². The largest absolute Gasteiger partial charge is 0.530 e. The van der Waals surface area contributed by atoms with E-state index in [2.05, 4.69) is 4.74 Å². The van der Waals surface area contributed by atoms with Crippen LogP contribution >= 0.6 is 19.2 Å². The number of hydrazine groups is 1. The van der Waals surface area contributed by atoms with E-state index in [0.717, 1.165) is 34.2 Å². The average molecular weight is 684 g/mol. The molecule has 15 heteroatoms. The fourth-order valence-corrected chi connectivity index (χ4v) is 8.53. The monoisotopic (exact) mass is 683 g/mol. The molecule has 47 heavy (non-hydrogen) atoms. The lowest BCUT2D eigenvalue weighted by molar-refractivity contribution is -0.190. The number of hydrogen-bond donors (Lipinski definition) is 1. The number of hydrogen-bond acceptors (Lipinski definition) is 12. The zero-order valence-corrected chi connectivity index (χ0v) is 27.1. The van der Waals surface area contributed by atoms with Gasteiger partial charge in [-0.05, 0) is 58.8 Å². The molecule has 1 amide bonds. The van der Waals surface area contributed by atoms with Gasteiger partial charge in [0, 0.05) is 23.2 Å². The summed E-state index contributed by atoms with van der Waals surface area (Å²) < 4.78 is 55.5. The lowest BCUT2D eigenvalue weighted by Gasteiger charge is -2.55. The molecule has 1 N–H and O–H groups in total. The molecule has 2 saturated heterocycles. The number of rotatable bonds is 8. The van der Waals surface area contributed by atoms with Gasteiger partial charge in [-0.25, -0.2) is 13.8 Å². The second-order valence-electron chi connectivity index (χ2n) is 11.0. The standard InChI is InChI=1S/C32H31FN3O9PS/c1-3-43-46(40,44-18-27(38)41-2)45-30-25(37)10-12-35-29(30)32(39)34-13-14-42-17-26(34)36(35)28-20-6-4-5-7-22(20)31-23(11-15-47-31)24-16-19(33)8-9-21(24)28/h4-12,15-16,25-26,28,37H,3,13-14,17-18H2,1-2H3/t25?,26-,28?,46?/m1/s1. The van der Waals surface area contributed by atoms with Crippen LogP contribution in [0.15, 0.2) is 77.6 Å². The predicted octanol–water partition coefficient (Wildman–Crippen LogP) is 4.79. The summed E-state index contributed by atoms with van der Waals surface area (Å²) in [4.78, 5) is 28.7. The molecule has 1 aliphatic carbocycles. The van der Waals surface area contributed by atoms with Crippen molar-refractivity contribution in [1.29, 1.82) is 0 Å². The van der Waals surface area contributed by atoms with Gasteiger partial charge >= 0.3 is 13.8 Å². The summed E-state index contributed by atoms with van der Waals surface area (Å²) in [5.41, 5.74) is 4.07. The van der Waals surface area contributed by atoms with Crippen molar-refractivity contribution < 1.29 is 46.7 Å². The highest BCUT2D eigenvalue weighted by atomic mass is 32.1. The highest BCUT2D eigenvalue weighted by molar-refractivity contribution is 7.48. The number of benzene rings is 2. The first-order valence-electron chi connectivity index (χ1n) is 14.9. The number of ether oxygens (including phenoxy) is 2. The number of aliphatic hydroxyl groups is 1. The summed E-state index contributed by atoms with van der Waals surface area (Å²) in [6, 6.07) is 13.9. The van der Waals surface area contributed by atoms with Crippen LogP contribution < -0.4 is 0 Å². The molecule has 12 nitrogen and oxygen atoms in total. The Labute approximate surface area is 273 Å². The number of morpholine rings is 1. The molecule has 3 aromatic rings. The van der Waals surface area contributed by atoms with Gasteiger partial charge in [-0.2, -0.15) is 5.01 Å². The van der Waals surface area contributed by atoms with Gasteiger partial charge in [0.2, 0.25) is 0 Å². The molecule has 0 bridgehead atoms. The minimum absolute atomic E-state index is 0.125. The molecule has 7 rings (SSSR count). The summed E-state index contributed by atoms with van der Waals surface area (Å²) in [7, 11) is -3.41. The number of halogens is 1. The van der Waals surface area contributed by atoms with E-state index in [1.165, 1.54) is 18.2 Å². The Morgan fingerprint density at radius 1 is 1.13 bits per heavy atom. The predicted molar refractivity (Wildman–Crippen MR) is 167 cm³/mol. The summed E-state index contributed by atoms with van der Waals surface area (Å²) in [5, 5.41) is 16.7. The molecular weight excluding hydrogens is 652 g/mol. The Hall–Kier alpha value is -3.88. The van der Waals surface area contributed by atoms with Gasteiger partial charge in [0.05, 0.1) is 33.0 Å². The van der Waals surface area contributed by atoms with E-state index in [1.54, 1.807) is 40.4 Å². The molecule has 3 unspecified atom stereocenters. The fraction of sp³-hybridized carbons (Fsp3) is 0.312.